The summed E-state index contributed by atoms with van der Waals surface area (Å²) in [5, 5.41) is 3.45. The summed E-state index contributed by atoms with van der Waals surface area (Å²) in [6.07, 6.45) is 1.68. The number of carbonyl (C=O) groups excluding carboxylic acids is 2. The normalized spacial score (nSPS) is 13.2. The number of aromatic nitrogens is 1. The first-order valence-corrected chi connectivity index (χ1v) is 9.50. The van der Waals surface area contributed by atoms with Gasteiger partial charge in [-0.05, 0) is 35.7 Å². The van der Waals surface area contributed by atoms with E-state index < -0.39 is 0 Å². The van der Waals surface area contributed by atoms with E-state index in [-0.39, 0.29) is 18.4 Å². The molecule has 0 N–H and O–H groups in total. The minimum Gasteiger partial charge on any atom is -0.496 e. The number of ether oxygens (including phenoxy) is 2. The highest BCUT2D eigenvalue weighted by atomic mass is 16.5. The molecule has 0 spiro atoms. The van der Waals surface area contributed by atoms with Crippen molar-refractivity contribution in [2.24, 2.45) is 0 Å². The Morgan fingerprint density at radius 1 is 0.833 bits per heavy atom. The van der Waals surface area contributed by atoms with Crippen LogP contribution in [0.4, 0.5) is 0 Å². The molecule has 0 radical (unpaired) electrons. The average Bonchev–Trinajstić information content (AvgIpc) is 3.03. The molecule has 0 unspecified atom stereocenters. The second kappa shape index (κ2) is 6.84. The summed E-state index contributed by atoms with van der Waals surface area (Å²) in [5.74, 6) is 0.778. The van der Waals surface area contributed by atoms with Crippen molar-refractivity contribution in [3.63, 3.8) is 0 Å². The van der Waals surface area contributed by atoms with Gasteiger partial charge >= 0.3 is 0 Å². The fourth-order valence-corrected chi connectivity index (χ4v) is 4.14. The number of pyridine rings is 1. The van der Waals surface area contributed by atoms with E-state index in [1.807, 2.05) is 30.3 Å². The Hall–Kier alpha value is -3.93. The molecule has 6 heteroatoms. The van der Waals surface area contributed by atoms with E-state index in [0.717, 1.165) is 21.5 Å². The van der Waals surface area contributed by atoms with Crippen molar-refractivity contribution in [2.45, 2.75) is 6.54 Å². The van der Waals surface area contributed by atoms with Crippen LogP contribution in [0.5, 0.6) is 11.5 Å². The van der Waals surface area contributed by atoms with Gasteiger partial charge in [0.25, 0.3) is 11.8 Å². The third kappa shape index (κ3) is 2.54. The first-order chi connectivity index (χ1) is 14.6. The minimum atomic E-state index is -0.306. The van der Waals surface area contributed by atoms with Gasteiger partial charge in [-0.2, -0.15) is 0 Å². The summed E-state index contributed by atoms with van der Waals surface area (Å²) in [6.45, 7) is 0.0726. The van der Waals surface area contributed by atoms with Crippen molar-refractivity contribution < 1.29 is 19.1 Å². The number of fused-ring (bicyclic) bond motifs is 4. The van der Waals surface area contributed by atoms with Crippen molar-refractivity contribution in [3.05, 3.63) is 77.6 Å². The van der Waals surface area contributed by atoms with Gasteiger partial charge in [0.1, 0.15) is 11.5 Å². The van der Waals surface area contributed by atoms with Crippen LogP contribution in [0.1, 0.15) is 26.4 Å². The molecule has 0 atom stereocenters. The Labute approximate surface area is 172 Å². The van der Waals surface area contributed by atoms with E-state index in [2.05, 4.69) is 4.98 Å². The summed E-state index contributed by atoms with van der Waals surface area (Å²) >= 11 is 0. The van der Waals surface area contributed by atoms with Crippen molar-refractivity contribution in [3.8, 4) is 11.5 Å². The Morgan fingerprint density at radius 3 is 2.20 bits per heavy atom. The van der Waals surface area contributed by atoms with Gasteiger partial charge in [-0.1, -0.05) is 24.3 Å². The summed E-state index contributed by atoms with van der Waals surface area (Å²) in [5.41, 5.74) is 1.47. The molecule has 1 aromatic heterocycles. The number of imide groups is 1. The lowest BCUT2D eigenvalue weighted by molar-refractivity contribution is 0.0641. The molecule has 0 saturated carbocycles. The predicted octanol–water partition coefficient (Wildman–Crippen LogP) is 4.20. The molecule has 3 aromatic carbocycles. The van der Waals surface area contributed by atoms with Gasteiger partial charge in [0.15, 0.2) is 0 Å². The lowest BCUT2D eigenvalue weighted by atomic mass is 9.99. The van der Waals surface area contributed by atoms with Gasteiger partial charge in [-0.25, -0.2) is 0 Å². The maximum absolute atomic E-state index is 12.9. The smallest absolute Gasteiger partial charge is 0.261 e. The number of hydrogen-bond donors (Lipinski definition) is 0. The maximum atomic E-state index is 12.9. The zero-order valence-electron chi connectivity index (χ0n) is 16.5. The van der Waals surface area contributed by atoms with E-state index in [1.54, 1.807) is 44.7 Å². The van der Waals surface area contributed by atoms with Crippen LogP contribution in [-0.4, -0.2) is 35.9 Å². The molecule has 2 amide bonds. The predicted molar refractivity (Wildman–Crippen MR) is 113 cm³/mol. The zero-order valence-corrected chi connectivity index (χ0v) is 16.5. The van der Waals surface area contributed by atoms with Gasteiger partial charge in [-0.15, -0.1) is 0 Å². The number of benzene rings is 3. The Morgan fingerprint density at radius 2 is 1.53 bits per heavy atom. The molecule has 6 nitrogen and oxygen atoms in total. The van der Waals surface area contributed by atoms with Gasteiger partial charge in [0.2, 0.25) is 0 Å². The molecule has 0 fully saturated rings. The van der Waals surface area contributed by atoms with Crippen molar-refractivity contribution in [1.82, 2.24) is 9.88 Å². The number of rotatable bonds is 4. The third-order valence-electron chi connectivity index (χ3n) is 5.52. The Balaban J connectivity index is 1.73. The molecular weight excluding hydrogens is 380 g/mol. The number of hydrogen-bond acceptors (Lipinski definition) is 5. The van der Waals surface area contributed by atoms with Gasteiger partial charge in [0, 0.05) is 22.4 Å². The lowest BCUT2D eigenvalue weighted by Crippen LogP contribution is -2.29. The Bertz CT molecular complexity index is 1310. The van der Waals surface area contributed by atoms with Crippen molar-refractivity contribution in [1.29, 1.82) is 0 Å². The van der Waals surface area contributed by atoms with Crippen LogP contribution in [0.15, 0.2) is 60.8 Å². The van der Waals surface area contributed by atoms with E-state index in [0.29, 0.717) is 28.3 Å². The molecule has 1 aliphatic rings. The number of nitrogens with zero attached hydrogens (tertiary/aromatic N) is 2. The molecule has 0 bridgehead atoms. The largest absolute Gasteiger partial charge is 0.496 e. The topological polar surface area (TPSA) is 68.7 Å². The Kier molecular flexibility index (Phi) is 4.13. The molecule has 4 aromatic rings. The van der Waals surface area contributed by atoms with Crippen LogP contribution in [0.2, 0.25) is 0 Å². The molecule has 148 valence electrons. The molecule has 1 aliphatic heterocycles. The minimum absolute atomic E-state index is 0.0726. The quantitative estimate of drug-likeness (QED) is 0.381. The molecular formula is C24H18N2O4. The van der Waals surface area contributed by atoms with Crippen molar-refractivity contribution in [2.75, 3.05) is 14.2 Å². The van der Waals surface area contributed by atoms with Crippen LogP contribution >= 0.6 is 0 Å². The van der Waals surface area contributed by atoms with Crippen LogP contribution in [0.25, 0.3) is 21.5 Å². The molecule has 5 rings (SSSR count). The fourth-order valence-electron chi connectivity index (χ4n) is 4.14. The van der Waals surface area contributed by atoms with Crippen LogP contribution in [0, 0.1) is 0 Å². The maximum Gasteiger partial charge on any atom is 0.261 e. The SMILES string of the molecule is COc1cc2ccnc(CN3C(=O)c4ccccc4C3=O)c2c2c(OC)cccc12. The molecule has 0 saturated heterocycles. The molecule has 0 aliphatic carbocycles. The number of carbonyl (C=O) groups is 2. The fraction of sp³-hybridized carbons (Fsp3) is 0.125. The van der Waals surface area contributed by atoms with Crippen LogP contribution in [-0.2, 0) is 6.54 Å². The van der Waals surface area contributed by atoms with E-state index in [4.69, 9.17) is 9.47 Å². The zero-order chi connectivity index (χ0) is 20.8. The summed E-state index contributed by atoms with van der Waals surface area (Å²) in [7, 11) is 3.24. The summed E-state index contributed by atoms with van der Waals surface area (Å²) in [4.78, 5) is 31.5. The summed E-state index contributed by atoms with van der Waals surface area (Å²) in [6, 6.07) is 16.4. The molecule has 30 heavy (non-hydrogen) atoms. The highest BCUT2D eigenvalue weighted by Gasteiger charge is 2.35. The first kappa shape index (κ1) is 18.1. The molecule has 2 heterocycles. The van der Waals surface area contributed by atoms with Crippen LogP contribution < -0.4 is 9.47 Å². The van der Waals surface area contributed by atoms with Crippen LogP contribution in [0.3, 0.4) is 0 Å². The standard InChI is InChI=1S/C24H18N2O4/c1-29-19-9-5-8-17-20(30-2)12-14-10-11-25-18(21(14)22(17)19)13-26-23(27)15-6-3-4-7-16(15)24(26)28/h3-12H,13H2,1-2H3. The second-order valence-corrected chi connectivity index (χ2v) is 7.06. The van der Waals surface area contributed by atoms with E-state index in [9.17, 15) is 9.59 Å². The monoisotopic (exact) mass is 398 g/mol. The third-order valence-corrected chi connectivity index (χ3v) is 5.52. The highest BCUT2D eigenvalue weighted by molar-refractivity contribution is 6.21. The average molecular weight is 398 g/mol. The second-order valence-electron chi connectivity index (χ2n) is 7.06. The van der Waals surface area contributed by atoms with Gasteiger partial charge < -0.3 is 9.47 Å². The van der Waals surface area contributed by atoms with Crippen molar-refractivity contribution >= 4 is 33.4 Å². The summed E-state index contributed by atoms with van der Waals surface area (Å²) < 4.78 is 11.2. The van der Waals surface area contributed by atoms with Gasteiger partial charge in [-0.3, -0.25) is 19.5 Å². The van der Waals surface area contributed by atoms with E-state index >= 15 is 0 Å². The number of methoxy groups -OCH3 is 2. The first-order valence-electron chi connectivity index (χ1n) is 9.50. The number of amides is 2. The highest BCUT2D eigenvalue weighted by Crippen LogP contribution is 2.40. The van der Waals surface area contributed by atoms with Gasteiger partial charge in [0.05, 0.1) is 37.6 Å². The van der Waals surface area contributed by atoms with E-state index in [1.165, 1.54) is 4.90 Å². The lowest BCUT2D eigenvalue weighted by Gasteiger charge is -2.18.